The van der Waals surface area contributed by atoms with E-state index in [9.17, 15) is 0 Å². The highest BCUT2D eigenvalue weighted by molar-refractivity contribution is 5.78. The molecule has 0 saturated heterocycles. The third-order valence-electron chi connectivity index (χ3n) is 5.68. The predicted molar refractivity (Wildman–Crippen MR) is 109 cm³/mol. The average Bonchev–Trinajstić information content (AvgIpc) is 3.07. The third-order valence-corrected chi connectivity index (χ3v) is 5.68. The van der Waals surface area contributed by atoms with Gasteiger partial charge in [-0.15, -0.1) is 0 Å². The lowest BCUT2D eigenvalue weighted by Crippen LogP contribution is -1.98. The van der Waals surface area contributed by atoms with Crippen LogP contribution in [-0.2, 0) is 13.0 Å². The first kappa shape index (κ1) is 15.5. The molecule has 0 aliphatic carbocycles. The van der Waals surface area contributed by atoms with E-state index in [1.54, 1.807) is 0 Å². The summed E-state index contributed by atoms with van der Waals surface area (Å²) >= 11 is 0. The van der Waals surface area contributed by atoms with Gasteiger partial charge in [-0.2, -0.15) is 0 Å². The standard InChI is InChI=1S/C24H24N2/c1-17-6-10-19(11-7-17)22-15-25-16-23(20-12-8-18(2)9-13-20)26-14-4-3-5-21(22)24(25)26/h6-13,15-16H,3-5,14H2,1-2H3. The minimum Gasteiger partial charge on any atom is -0.325 e. The second-order valence-electron chi connectivity index (χ2n) is 7.61. The first-order valence-corrected chi connectivity index (χ1v) is 9.58. The van der Waals surface area contributed by atoms with Crippen LogP contribution in [0.4, 0.5) is 0 Å². The highest BCUT2D eigenvalue weighted by atomic mass is 15.1. The van der Waals surface area contributed by atoms with E-state index in [4.69, 9.17) is 0 Å². The molecular formula is C24H24N2. The number of aryl methyl sites for hydroxylation is 4. The van der Waals surface area contributed by atoms with Gasteiger partial charge in [0.25, 0.3) is 0 Å². The van der Waals surface area contributed by atoms with Gasteiger partial charge in [0.1, 0.15) is 5.65 Å². The van der Waals surface area contributed by atoms with E-state index in [2.05, 4.69) is 83.7 Å². The Labute approximate surface area is 154 Å². The minimum absolute atomic E-state index is 1.10. The zero-order chi connectivity index (χ0) is 17.7. The molecule has 0 bridgehead atoms. The molecule has 4 aromatic rings. The van der Waals surface area contributed by atoms with Gasteiger partial charge in [0.05, 0.1) is 5.69 Å². The van der Waals surface area contributed by atoms with Crippen molar-refractivity contribution in [2.45, 2.75) is 39.7 Å². The lowest BCUT2D eigenvalue weighted by molar-refractivity contribution is 0.647. The van der Waals surface area contributed by atoms with Crippen LogP contribution in [-0.4, -0.2) is 8.97 Å². The van der Waals surface area contributed by atoms with Crippen molar-refractivity contribution in [3.05, 3.63) is 77.6 Å². The van der Waals surface area contributed by atoms with Gasteiger partial charge in [-0.3, -0.25) is 0 Å². The van der Waals surface area contributed by atoms with E-state index in [-0.39, 0.29) is 0 Å². The normalized spacial score (nSPS) is 13.9. The number of nitrogens with zero attached hydrogens (tertiary/aromatic N) is 2. The van der Waals surface area contributed by atoms with Gasteiger partial charge >= 0.3 is 0 Å². The fourth-order valence-electron chi connectivity index (χ4n) is 4.25. The topological polar surface area (TPSA) is 9.34 Å². The van der Waals surface area contributed by atoms with Crippen molar-refractivity contribution in [1.29, 1.82) is 0 Å². The molecule has 0 atom stereocenters. The Hall–Kier alpha value is -2.74. The smallest absolute Gasteiger partial charge is 0.121 e. The Bertz CT molecular complexity index is 991. The Kier molecular flexibility index (Phi) is 3.53. The molecule has 2 heteroatoms. The molecule has 0 unspecified atom stereocenters. The molecule has 26 heavy (non-hydrogen) atoms. The van der Waals surface area contributed by atoms with Gasteiger partial charge in [0.15, 0.2) is 0 Å². The van der Waals surface area contributed by atoms with E-state index in [1.165, 1.54) is 57.6 Å². The van der Waals surface area contributed by atoms with Crippen LogP contribution in [0.1, 0.15) is 29.5 Å². The van der Waals surface area contributed by atoms with E-state index in [1.807, 2.05) is 0 Å². The Morgan fingerprint density at radius 1 is 0.731 bits per heavy atom. The molecule has 2 aromatic heterocycles. The molecule has 0 spiro atoms. The summed E-state index contributed by atoms with van der Waals surface area (Å²) in [6.07, 6.45) is 8.30. The second kappa shape index (κ2) is 5.91. The number of hydrogen-bond acceptors (Lipinski definition) is 0. The van der Waals surface area contributed by atoms with Crippen LogP contribution in [0.5, 0.6) is 0 Å². The highest BCUT2D eigenvalue weighted by Crippen LogP contribution is 2.36. The Morgan fingerprint density at radius 2 is 1.38 bits per heavy atom. The van der Waals surface area contributed by atoms with Crippen LogP contribution >= 0.6 is 0 Å². The van der Waals surface area contributed by atoms with Crippen molar-refractivity contribution in [2.75, 3.05) is 0 Å². The van der Waals surface area contributed by atoms with E-state index < -0.39 is 0 Å². The zero-order valence-electron chi connectivity index (χ0n) is 15.5. The monoisotopic (exact) mass is 340 g/mol. The van der Waals surface area contributed by atoms with Gasteiger partial charge in [-0.25, -0.2) is 0 Å². The molecule has 1 aliphatic heterocycles. The lowest BCUT2D eigenvalue weighted by atomic mass is 10.00. The molecule has 130 valence electrons. The molecular weight excluding hydrogens is 316 g/mol. The maximum atomic E-state index is 2.53. The molecule has 2 nitrogen and oxygen atoms in total. The van der Waals surface area contributed by atoms with Gasteiger partial charge in [0, 0.05) is 30.1 Å². The van der Waals surface area contributed by atoms with Gasteiger partial charge < -0.3 is 8.97 Å². The summed E-state index contributed by atoms with van der Waals surface area (Å²) in [5.41, 5.74) is 10.9. The zero-order valence-corrected chi connectivity index (χ0v) is 15.5. The summed E-state index contributed by atoms with van der Waals surface area (Å²) in [6.45, 7) is 5.40. The maximum Gasteiger partial charge on any atom is 0.121 e. The van der Waals surface area contributed by atoms with Crippen LogP contribution in [0.25, 0.3) is 28.0 Å². The number of aromatic nitrogens is 2. The second-order valence-corrected chi connectivity index (χ2v) is 7.61. The maximum absolute atomic E-state index is 2.53. The van der Waals surface area contributed by atoms with Crippen molar-refractivity contribution in [3.63, 3.8) is 0 Å². The summed E-state index contributed by atoms with van der Waals surface area (Å²) in [4.78, 5) is 0. The van der Waals surface area contributed by atoms with Crippen LogP contribution in [0, 0.1) is 13.8 Å². The minimum atomic E-state index is 1.10. The van der Waals surface area contributed by atoms with Crippen molar-refractivity contribution in [1.82, 2.24) is 8.97 Å². The third kappa shape index (κ3) is 2.40. The molecule has 0 N–H and O–H groups in total. The van der Waals surface area contributed by atoms with Crippen molar-refractivity contribution in [3.8, 4) is 22.4 Å². The number of imidazole rings is 1. The van der Waals surface area contributed by atoms with Gasteiger partial charge in [-0.1, -0.05) is 59.7 Å². The number of hydrogen-bond donors (Lipinski definition) is 0. The van der Waals surface area contributed by atoms with Crippen LogP contribution in [0.15, 0.2) is 60.9 Å². The van der Waals surface area contributed by atoms with Crippen LogP contribution in [0.2, 0.25) is 0 Å². The largest absolute Gasteiger partial charge is 0.325 e. The molecule has 0 amide bonds. The average molecular weight is 340 g/mol. The Morgan fingerprint density at radius 3 is 2.08 bits per heavy atom. The molecule has 0 saturated carbocycles. The summed E-state index contributed by atoms with van der Waals surface area (Å²) in [5.74, 6) is 0. The van der Waals surface area contributed by atoms with Crippen molar-refractivity contribution >= 4 is 5.65 Å². The molecule has 3 heterocycles. The number of benzene rings is 2. The summed E-state index contributed by atoms with van der Waals surface area (Å²) < 4.78 is 4.88. The summed E-state index contributed by atoms with van der Waals surface area (Å²) in [7, 11) is 0. The van der Waals surface area contributed by atoms with E-state index in [0.717, 1.165) is 13.0 Å². The molecule has 0 radical (unpaired) electrons. The fraction of sp³-hybridized carbons (Fsp3) is 0.250. The summed E-state index contributed by atoms with van der Waals surface area (Å²) in [6, 6.07) is 17.9. The molecule has 2 aromatic carbocycles. The lowest BCUT2D eigenvalue weighted by Gasteiger charge is -2.09. The fourth-order valence-corrected chi connectivity index (χ4v) is 4.25. The van der Waals surface area contributed by atoms with Gasteiger partial charge in [0.2, 0.25) is 0 Å². The van der Waals surface area contributed by atoms with Gasteiger partial charge in [-0.05, 0) is 44.2 Å². The highest BCUT2D eigenvalue weighted by Gasteiger charge is 2.21. The first-order chi connectivity index (χ1) is 12.7. The Balaban J connectivity index is 1.72. The van der Waals surface area contributed by atoms with E-state index >= 15 is 0 Å². The van der Waals surface area contributed by atoms with E-state index in [0.29, 0.717) is 0 Å². The van der Waals surface area contributed by atoms with Crippen LogP contribution < -0.4 is 0 Å². The molecule has 0 fully saturated rings. The number of rotatable bonds is 2. The first-order valence-electron chi connectivity index (χ1n) is 9.58. The quantitative estimate of drug-likeness (QED) is 0.421. The van der Waals surface area contributed by atoms with Crippen molar-refractivity contribution in [2.24, 2.45) is 0 Å². The molecule has 1 aliphatic rings. The van der Waals surface area contributed by atoms with Crippen LogP contribution in [0.3, 0.4) is 0 Å². The SMILES string of the molecule is Cc1ccc(-c2cn3cc(-c4ccc(C)cc4)n4c3c2CCCC4)cc1. The predicted octanol–water partition coefficient (Wildman–Crippen LogP) is 6.03. The molecule has 5 rings (SSSR count). The van der Waals surface area contributed by atoms with Crippen molar-refractivity contribution < 1.29 is 0 Å². The summed E-state index contributed by atoms with van der Waals surface area (Å²) in [5, 5.41) is 0.